The first-order chi connectivity index (χ1) is 9.28. The Labute approximate surface area is 119 Å². The molecule has 0 radical (unpaired) electrons. The maximum Gasteiger partial charge on any atom is 0.351 e. The van der Waals surface area contributed by atoms with Crippen molar-refractivity contribution in [3.63, 3.8) is 0 Å². The molecule has 2 heterocycles. The number of rotatable bonds is 3. The molecule has 1 saturated heterocycles. The van der Waals surface area contributed by atoms with E-state index in [4.69, 9.17) is 22.1 Å². The summed E-state index contributed by atoms with van der Waals surface area (Å²) in [4.78, 5) is 15.3. The number of anilines is 1. The van der Waals surface area contributed by atoms with E-state index in [0.717, 1.165) is 4.57 Å². The van der Waals surface area contributed by atoms with Crippen molar-refractivity contribution in [1.29, 1.82) is 0 Å². The number of hydrogen-bond acceptors (Lipinski definition) is 7. The highest BCUT2D eigenvalue weighted by Crippen LogP contribution is 2.44. The summed E-state index contributed by atoms with van der Waals surface area (Å²) in [6.07, 6.45) is -1.44. The number of hydrogen-bond donors (Lipinski definition) is 4. The fourth-order valence-electron chi connectivity index (χ4n) is 2.29. The summed E-state index contributed by atoms with van der Waals surface area (Å²) in [7, 11) is 0. The van der Waals surface area contributed by atoms with Crippen LogP contribution in [0, 0.1) is 0 Å². The average molecular weight is 306 g/mol. The number of aliphatic hydroxyl groups excluding tert-OH is 2. The number of aromatic nitrogens is 2. The summed E-state index contributed by atoms with van der Waals surface area (Å²) in [5.74, 6) is -0.232. The largest absolute Gasteiger partial charge is 0.393 e. The van der Waals surface area contributed by atoms with Gasteiger partial charge in [-0.25, -0.2) is 4.79 Å². The van der Waals surface area contributed by atoms with Crippen molar-refractivity contribution in [3.8, 4) is 0 Å². The molecule has 8 nitrogen and oxygen atoms in total. The van der Waals surface area contributed by atoms with Gasteiger partial charge in [0.25, 0.3) is 0 Å². The standard InChI is InChI=1S/C11H16ClN3O5/c1-10(19)7(17)11(4-12,5-16)20-8(10)15-3-2-6(13)14-9(15)18/h2-3,7-8,16-17,19H,4-5H2,1H3,(H2,13,14,18)/t7?,8-,10-,11-/m1/s1. The van der Waals surface area contributed by atoms with Crippen LogP contribution < -0.4 is 11.4 Å². The van der Waals surface area contributed by atoms with Gasteiger partial charge in [0, 0.05) is 6.20 Å². The highest BCUT2D eigenvalue weighted by atomic mass is 35.5. The first-order valence-electron chi connectivity index (χ1n) is 5.88. The molecule has 0 amide bonds. The molecule has 1 aromatic rings. The normalized spacial score (nSPS) is 37.2. The van der Waals surface area contributed by atoms with E-state index in [9.17, 15) is 20.1 Å². The van der Waals surface area contributed by atoms with Gasteiger partial charge in [-0.2, -0.15) is 4.98 Å². The quantitative estimate of drug-likeness (QED) is 0.496. The van der Waals surface area contributed by atoms with Crippen molar-refractivity contribution < 1.29 is 20.1 Å². The third-order valence-electron chi connectivity index (χ3n) is 3.50. The van der Waals surface area contributed by atoms with Crippen LogP contribution in [0.5, 0.6) is 0 Å². The van der Waals surface area contributed by atoms with Crippen LogP contribution in [0.2, 0.25) is 0 Å². The van der Waals surface area contributed by atoms with Gasteiger partial charge in [0.2, 0.25) is 0 Å². The molecule has 112 valence electrons. The number of nitrogen functional groups attached to an aromatic ring is 1. The second kappa shape index (κ2) is 4.97. The van der Waals surface area contributed by atoms with Crippen molar-refractivity contribution in [2.24, 2.45) is 0 Å². The zero-order chi connectivity index (χ0) is 15.1. The topological polar surface area (TPSA) is 131 Å². The van der Waals surface area contributed by atoms with Crippen molar-refractivity contribution in [3.05, 3.63) is 22.7 Å². The van der Waals surface area contributed by atoms with Crippen LogP contribution in [0.3, 0.4) is 0 Å². The third kappa shape index (κ3) is 2.09. The van der Waals surface area contributed by atoms with Crippen molar-refractivity contribution >= 4 is 17.4 Å². The maximum absolute atomic E-state index is 11.8. The molecule has 0 saturated carbocycles. The molecule has 20 heavy (non-hydrogen) atoms. The molecule has 0 spiro atoms. The van der Waals surface area contributed by atoms with E-state index in [2.05, 4.69) is 4.98 Å². The molecule has 1 unspecified atom stereocenters. The number of ether oxygens (including phenoxy) is 1. The van der Waals surface area contributed by atoms with Gasteiger partial charge >= 0.3 is 5.69 Å². The predicted octanol–water partition coefficient (Wildman–Crippen LogP) is -1.56. The van der Waals surface area contributed by atoms with Crippen molar-refractivity contribution in [2.75, 3.05) is 18.2 Å². The van der Waals surface area contributed by atoms with Crippen LogP contribution in [0.15, 0.2) is 17.1 Å². The smallest absolute Gasteiger partial charge is 0.351 e. The van der Waals surface area contributed by atoms with Crippen LogP contribution in [0.4, 0.5) is 5.82 Å². The average Bonchev–Trinajstić information content (AvgIpc) is 2.60. The lowest BCUT2D eigenvalue weighted by Gasteiger charge is -2.29. The maximum atomic E-state index is 11.8. The molecule has 0 aliphatic carbocycles. The van der Waals surface area contributed by atoms with Gasteiger partial charge in [-0.1, -0.05) is 0 Å². The van der Waals surface area contributed by atoms with Crippen molar-refractivity contribution in [1.82, 2.24) is 9.55 Å². The van der Waals surface area contributed by atoms with E-state index < -0.39 is 35.8 Å². The van der Waals surface area contributed by atoms with Crippen molar-refractivity contribution in [2.45, 2.75) is 30.5 Å². The number of nitrogens with two attached hydrogens (primary N) is 1. The number of nitrogens with zero attached hydrogens (tertiary/aromatic N) is 2. The summed E-state index contributed by atoms with van der Waals surface area (Å²) >= 11 is 5.73. The van der Waals surface area contributed by atoms with E-state index in [-0.39, 0.29) is 11.7 Å². The Morgan fingerprint density at radius 2 is 2.30 bits per heavy atom. The van der Waals surface area contributed by atoms with E-state index in [0.29, 0.717) is 0 Å². The molecule has 2 rings (SSSR count). The Morgan fingerprint density at radius 1 is 1.65 bits per heavy atom. The van der Waals surface area contributed by atoms with Gasteiger partial charge in [0.1, 0.15) is 23.1 Å². The van der Waals surface area contributed by atoms with Gasteiger partial charge in [0.15, 0.2) is 6.23 Å². The van der Waals surface area contributed by atoms with Gasteiger partial charge in [-0.3, -0.25) is 4.57 Å². The lowest BCUT2D eigenvalue weighted by molar-refractivity contribution is -0.120. The lowest BCUT2D eigenvalue weighted by Crippen LogP contribution is -2.52. The minimum Gasteiger partial charge on any atom is -0.393 e. The second-order valence-corrected chi connectivity index (χ2v) is 5.26. The minimum absolute atomic E-state index is 0.0233. The van der Waals surface area contributed by atoms with E-state index in [1.54, 1.807) is 0 Å². The molecule has 0 bridgehead atoms. The van der Waals surface area contributed by atoms with E-state index >= 15 is 0 Å². The molecule has 1 fully saturated rings. The Morgan fingerprint density at radius 3 is 2.75 bits per heavy atom. The zero-order valence-electron chi connectivity index (χ0n) is 10.7. The Kier molecular flexibility index (Phi) is 3.78. The molecule has 1 aliphatic rings. The molecule has 0 aromatic carbocycles. The summed E-state index contributed by atoms with van der Waals surface area (Å²) < 4.78 is 6.47. The fraction of sp³-hybridized carbons (Fsp3) is 0.636. The molecule has 4 atom stereocenters. The number of aliphatic hydroxyl groups is 3. The van der Waals surface area contributed by atoms with Gasteiger partial charge in [-0.05, 0) is 13.0 Å². The molecule has 9 heteroatoms. The Balaban J connectivity index is 2.50. The van der Waals surface area contributed by atoms with Gasteiger partial charge in [0.05, 0.1) is 12.5 Å². The molecule has 5 N–H and O–H groups in total. The summed E-state index contributed by atoms with van der Waals surface area (Å²) in [6.45, 7) is 0.677. The SMILES string of the molecule is C[C@@]1(O)C(O)[C@](CO)(CCl)O[C@H]1n1ccc(N)nc1=O. The highest BCUT2D eigenvalue weighted by Gasteiger charge is 2.61. The van der Waals surface area contributed by atoms with Gasteiger partial charge < -0.3 is 25.8 Å². The zero-order valence-corrected chi connectivity index (χ0v) is 11.5. The number of alkyl halides is 1. The first-order valence-corrected chi connectivity index (χ1v) is 6.41. The van der Waals surface area contributed by atoms with Crippen LogP contribution in [0.1, 0.15) is 13.2 Å². The van der Waals surface area contributed by atoms with Crippen LogP contribution in [0.25, 0.3) is 0 Å². The molecule has 1 aromatic heterocycles. The summed E-state index contributed by atoms with van der Waals surface area (Å²) in [5.41, 5.74) is 1.25. The molecular weight excluding hydrogens is 290 g/mol. The molecular formula is C11H16ClN3O5. The highest BCUT2D eigenvalue weighted by molar-refractivity contribution is 6.18. The van der Waals surface area contributed by atoms with Crippen LogP contribution >= 0.6 is 11.6 Å². The number of halogens is 1. The van der Waals surface area contributed by atoms with E-state index in [1.807, 2.05) is 0 Å². The molecule has 1 aliphatic heterocycles. The Hall–Kier alpha value is -1.19. The van der Waals surface area contributed by atoms with Gasteiger partial charge in [-0.15, -0.1) is 11.6 Å². The second-order valence-electron chi connectivity index (χ2n) is 5.00. The monoisotopic (exact) mass is 305 g/mol. The third-order valence-corrected chi connectivity index (χ3v) is 3.95. The van der Waals surface area contributed by atoms with Crippen LogP contribution in [-0.2, 0) is 4.74 Å². The Bertz CT molecular complexity index is 557. The fourth-order valence-corrected chi connectivity index (χ4v) is 2.58. The van der Waals surface area contributed by atoms with E-state index in [1.165, 1.54) is 19.2 Å². The minimum atomic E-state index is -1.83. The van der Waals surface area contributed by atoms with Crippen LogP contribution in [-0.4, -0.2) is 54.7 Å². The summed E-state index contributed by atoms with van der Waals surface area (Å²) in [5, 5.41) is 30.0. The first kappa shape index (κ1) is 15.2. The predicted molar refractivity (Wildman–Crippen MR) is 70.2 cm³/mol. The lowest BCUT2D eigenvalue weighted by atomic mass is 9.89. The summed E-state index contributed by atoms with van der Waals surface area (Å²) in [6, 6.07) is 1.35.